The Morgan fingerprint density at radius 3 is 2.68 bits per heavy atom. The van der Waals surface area contributed by atoms with E-state index in [0.717, 1.165) is 5.56 Å². The maximum atomic E-state index is 5.83. The lowest BCUT2D eigenvalue weighted by molar-refractivity contribution is 0.991. The smallest absolute Gasteiger partial charge is 0.229 e. The molecule has 2 heterocycles. The van der Waals surface area contributed by atoms with Crippen molar-refractivity contribution in [3.05, 3.63) is 48.0 Å². The number of hydrogen-bond acceptors (Lipinski definition) is 6. The molecule has 0 aliphatic carbocycles. The van der Waals surface area contributed by atoms with Gasteiger partial charge < -0.3 is 10.6 Å². The van der Waals surface area contributed by atoms with Crippen LogP contribution in [-0.2, 0) is 6.54 Å². The molecule has 2 rings (SSSR count). The van der Waals surface area contributed by atoms with Crippen LogP contribution < -0.4 is 10.6 Å². The third kappa shape index (κ3) is 4.18. The van der Waals surface area contributed by atoms with Crippen molar-refractivity contribution in [1.82, 2.24) is 19.9 Å². The molecule has 0 spiro atoms. The quantitative estimate of drug-likeness (QED) is 0.787. The van der Waals surface area contributed by atoms with Gasteiger partial charge in [0.2, 0.25) is 17.2 Å². The van der Waals surface area contributed by atoms with Crippen molar-refractivity contribution in [3.8, 4) is 0 Å². The van der Waals surface area contributed by atoms with Gasteiger partial charge in [-0.05, 0) is 23.2 Å². The second-order valence-corrected chi connectivity index (χ2v) is 3.97. The zero-order chi connectivity index (χ0) is 13.5. The van der Waals surface area contributed by atoms with Crippen LogP contribution in [-0.4, -0.2) is 26.5 Å². The number of rotatable bonds is 6. The highest BCUT2D eigenvalue weighted by Crippen LogP contribution is 2.10. The molecule has 2 N–H and O–H groups in total. The SMILES string of the molecule is C=CCNc1nc(Cl)nc(NCc2cccnc2)n1. The number of anilines is 2. The van der Waals surface area contributed by atoms with Crippen LogP contribution in [0.15, 0.2) is 37.2 Å². The lowest BCUT2D eigenvalue weighted by Crippen LogP contribution is -2.09. The van der Waals surface area contributed by atoms with E-state index in [-0.39, 0.29) is 5.28 Å². The van der Waals surface area contributed by atoms with Crippen molar-refractivity contribution in [2.45, 2.75) is 6.54 Å². The topological polar surface area (TPSA) is 75.6 Å². The fourth-order valence-corrected chi connectivity index (χ4v) is 1.52. The second-order valence-electron chi connectivity index (χ2n) is 3.64. The molecule has 98 valence electrons. The van der Waals surface area contributed by atoms with Crippen LogP contribution in [0.5, 0.6) is 0 Å². The van der Waals surface area contributed by atoms with E-state index in [4.69, 9.17) is 11.6 Å². The first-order chi connectivity index (χ1) is 9.28. The van der Waals surface area contributed by atoms with Crippen LogP contribution in [0.25, 0.3) is 0 Å². The average molecular weight is 277 g/mol. The lowest BCUT2D eigenvalue weighted by atomic mass is 10.3. The van der Waals surface area contributed by atoms with Gasteiger partial charge in [0.25, 0.3) is 0 Å². The van der Waals surface area contributed by atoms with E-state index in [1.165, 1.54) is 0 Å². The predicted molar refractivity (Wildman–Crippen MR) is 75.1 cm³/mol. The molecular weight excluding hydrogens is 264 g/mol. The molecule has 0 amide bonds. The highest BCUT2D eigenvalue weighted by Gasteiger charge is 2.04. The number of hydrogen-bond donors (Lipinski definition) is 2. The lowest BCUT2D eigenvalue weighted by Gasteiger charge is -2.07. The van der Waals surface area contributed by atoms with Gasteiger partial charge in [-0.3, -0.25) is 4.98 Å². The number of aromatic nitrogens is 4. The summed E-state index contributed by atoms with van der Waals surface area (Å²) >= 11 is 5.83. The summed E-state index contributed by atoms with van der Waals surface area (Å²) in [7, 11) is 0. The number of nitrogens with one attached hydrogen (secondary N) is 2. The molecule has 0 aliphatic rings. The van der Waals surface area contributed by atoms with Crippen molar-refractivity contribution in [3.63, 3.8) is 0 Å². The fraction of sp³-hybridized carbons (Fsp3) is 0.167. The Balaban J connectivity index is 2.03. The Morgan fingerprint density at radius 1 is 1.21 bits per heavy atom. The molecule has 0 radical (unpaired) electrons. The minimum atomic E-state index is 0.134. The minimum Gasteiger partial charge on any atom is -0.351 e. The minimum absolute atomic E-state index is 0.134. The summed E-state index contributed by atoms with van der Waals surface area (Å²) in [4.78, 5) is 16.2. The Bertz CT molecular complexity index is 545. The third-order valence-electron chi connectivity index (χ3n) is 2.19. The summed E-state index contributed by atoms with van der Waals surface area (Å²) in [5.41, 5.74) is 1.03. The Hall–Kier alpha value is -2.21. The summed E-state index contributed by atoms with van der Waals surface area (Å²) < 4.78 is 0. The summed E-state index contributed by atoms with van der Waals surface area (Å²) in [6, 6.07) is 3.83. The molecule has 0 unspecified atom stereocenters. The first-order valence-electron chi connectivity index (χ1n) is 5.67. The van der Waals surface area contributed by atoms with Gasteiger partial charge in [-0.2, -0.15) is 15.0 Å². The Kier molecular flexibility index (Phi) is 4.63. The second kappa shape index (κ2) is 6.65. The molecule has 0 fully saturated rings. The first kappa shape index (κ1) is 13.2. The van der Waals surface area contributed by atoms with Crippen LogP contribution in [0, 0.1) is 0 Å². The van der Waals surface area contributed by atoms with Gasteiger partial charge in [-0.15, -0.1) is 6.58 Å². The zero-order valence-electron chi connectivity index (χ0n) is 10.2. The fourth-order valence-electron chi connectivity index (χ4n) is 1.36. The van der Waals surface area contributed by atoms with Gasteiger partial charge >= 0.3 is 0 Å². The standard InChI is InChI=1S/C12H13ClN6/c1-2-5-15-11-17-10(13)18-12(19-11)16-8-9-4-3-6-14-7-9/h2-4,6-7H,1,5,8H2,(H2,15,16,17,18,19). The molecule has 2 aromatic rings. The number of pyridine rings is 1. The van der Waals surface area contributed by atoms with E-state index in [1.807, 2.05) is 12.1 Å². The van der Waals surface area contributed by atoms with Crippen LogP contribution >= 0.6 is 11.6 Å². The molecule has 2 aromatic heterocycles. The molecule has 0 atom stereocenters. The van der Waals surface area contributed by atoms with E-state index in [1.54, 1.807) is 18.5 Å². The monoisotopic (exact) mass is 276 g/mol. The van der Waals surface area contributed by atoms with Crippen LogP contribution in [0.4, 0.5) is 11.9 Å². The maximum Gasteiger partial charge on any atom is 0.229 e. The van der Waals surface area contributed by atoms with Crippen molar-refractivity contribution < 1.29 is 0 Å². The van der Waals surface area contributed by atoms with Crippen molar-refractivity contribution in [2.75, 3.05) is 17.2 Å². The third-order valence-corrected chi connectivity index (χ3v) is 2.36. The van der Waals surface area contributed by atoms with E-state index in [0.29, 0.717) is 25.0 Å². The van der Waals surface area contributed by atoms with Gasteiger partial charge in [-0.25, -0.2) is 0 Å². The van der Waals surface area contributed by atoms with Gasteiger partial charge in [0.15, 0.2) is 0 Å². The normalized spacial score (nSPS) is 9.95. The summed E-state index contributed by atoms with van der Waals surface area (Å²) in [5, 5.41) is 6.16. The Morgan fingerprint density at radius 2 is 2.00 bits per heavy atom. The van der Waals surface area contributed by atoms with Gasteiger partial charge in [0.1, 0.15) is 0 Å². The van der Waals surface area contributed by atoms with Gasteiger partial charge in [-0.1, -0.05) is 12.1 Å². The Labute approximate surface area is 116 Å². The van der Waals surface area contributed by atoms with Crippen molar-refractivity contribution >= 4 is 23.5 Å². The van der Waals surface area contributed by atoms with Crippen LogP contribution in [0.2, 0.25) is 5.28 Å². The molecule has 0 bridgehead atoms. The first-order valence-corrected chi connectivity index (χ1v) is 6.05. The van der Waals surface area contributed by atoms with Crippen LogP contribution in [0.3, 0.4) is 0 Å². The molecule has 0 aliphatic heterocycles. The largest absolute Gasteiger partial charge is 0.351 e. The molecular formula is C12H13ClN6. The average Bonchev–Trinajstić information content (AvgIpc) is 2.43. The zero-order valence-corrected chi connectivity index (χ0v) is 10.9. The molecule has 0 saturated heterocycles. The van der Waals surface area contributed by atoms with E-state index < -0.39 is 0 Å². The van der Waals surface area contributed by atoms with Gasteiger partial charge in [0.05, 0.1) is 0 Å². The van der Waals surface area contributed by atoms with Gasteiger partial charge in [0, 0.05) is 25.5 Å². The number of halogens is 1. The predicted octanol–water partition coefficient (Wildman–Crippen LogP) is 2.13. The van der Waals surface area contributed by atoms with Crippen molar-refractivity contribution in [2.24, 2.45) is 0 Å². The van der Waals surface area contributed by atoms with Crippen molar-refractivity contribution in [1.29, 1.82) is 0 Å². The molecule has 0 aromatic carbocycles. The highest BCUT2D eigenvalue weighted by molar-refractivity contribution is 6.28. The maximum absolute atomic E-state index is 5.83. The highest BCUT2D eigenvalue weighted by atomic mass is 35.5. The van der Waals surface area contributed by atoms with E-state index >= 15 is 0 Å². The number of nitrogens with zero attached hydrogens (tertiary/aromatic N) is 4. The van der Waals surface area contributed by atoms with E-state index in [9.17, 15) is 0 Å². The summed E-state index contributed by atoms with van der Waals surface area (Å²) in [6.07, 6.45) is 5.20. The van der Waals surface area contributed by atoms with Crippen LogP contribution in [0.1, 0.15) is 5.56 Å². The summed E-state index contributed by atoms with van der Waals surface area (Å²) in [6.45, 7) is 4.73. The van der Waals surface area contributed by atoms with E-state index in [2.05, 4.69) is 37.1 Å². The molecule has 7 heteroatoms. The summed E-state index contributed by atoms with van der Waals surface area (Å²) in [5.74, 6) is 0.823. The molecule has 19 heavy (non-hydrogen) atoms. The molecule has 0 saturated carbocycles. The molecule has 6 nitrogen and oxygen atoms in total.